The Morgan fingerprint density at radius 1 is 1.33 bits per heavy atom. The summed E-state index contributed by atoms with van der Waals surface area (Å²) in [6, 6.07) is 0. The van der Waals surface area contributed by atoms with E-state index in [0.29, 0.717) is 0 Å². The number of hydrogen-bond acceptors (Lipinski definition) is 1. The number of quaternary nitrogens is 1. The van der Waals surface area contributed by atoms with Gasteiger partial charge in [-0.2, -0.15) is 0 Å². The standard InChI is InChI=1S/C2H7NO.2ClH/c1-3-4-2;;/h3H,1-2H3;2*1H/p-1. The second-order valence-corrected chi connectivity index (χ2v) is 0.471. The molecule has 0 bridgehead atoms. The van der Waals surface area contributed by atoms with E-state index in [1.807, 2.05) is 7.05 Å². The third kappa shape index (κ3) is 24.5. The average molecular weight is 133 g/mol. The van der Waals surface area contributed by atoms with Gasteiger partial charge in [-0.05, 0) is 0 Å². The van der Waals surface area contributed by atoms with Crippen LogP contribution in [0.3, 0.4) is 0 Å². The molecule has 0 aliphatic rings. The summed E-state index contributed by atoms with van der Waals surface area (Å²) in [7, 11) is 3.46. The highest BCUT2D eigenvalue weighted by molar-refractivity contribution is 3.35. The zero-order chi connectivity index (χ0) is 3.41. The topological polar surface area (TPSA) is 25.8 Å². The van der Waals surface area contributed by atoms with Crippen LogP contribution >= 0.6 is 0 Å². The Bertz CT molecular complexity index is 13.5. The van der Waals surface area contributed by atoms with E-state index >= 15 is 0 Å². The summed E-state index contributed by atoms with van der Waals surface area (Å²) >= 11 is 0. The monoisotopic (exact) mass is 132 g/mol. The fourth-order valence-corrected chi connectivity index (χ4v) is 0. The number of hydrogen-bond donors (Lipinski definition) is 1. The van der Waals surface area contributed by atoms with Gasteiger partial charge in [-0.25, -0.2) is 10.3 Å². The minimum atomic E-state index is 0. The molecule has 0 unspecified atom stereocenters. The van der Waals surface area contributed by atoms with Crippen LogP contribution in [-0.4, -0.2) is 14.2 Å². The summed E-state index contributed by atoms with van der Waals surface area (Å²) in [5.74, 6) is 0. The zero-order valence-corrected chi connectivity index (χ0v) is 5.25. The Balaban J connectivity index is -0.0000000450. The second-order valence-electron chi connectivity index (χ2n) is 0.471. The van der Waals surface area contributed by atoms with Crippen LogP contribution in [0.5, 0.6) is 0 Å². The van der Waals surface area contributed by atoms with Gasteiger partial charge in [0.25, 0.3) is 0 Å². The normalized spacial score (nSPS) is 5.00. The van der Waals surface area contributed by atoms with Gasteiger partial charge in [0.15, 0.2) is 0 Å². The van der Waals surface area contributed by atoms with Crippen molar-refractivity contribution in [1.82, 2.24) is 0 Å². The van der Waals surface area contributed by atoms with Gasteiger partial charge in [-0.15, -0.1) is 0 Å². The van der Waals surface area contributed by atoms with E-state index in [-0.39, 0.29) is 24.8 Å². The molecule has 0 saturated heterocycles. The van der Waals surface area contributed by atoms with Crippen LogP contribution in [0.25, 0.3) is 0 Å². The molecule has 2 nitrogen and oxygen atoms in total. The van der Waals surface area contributed by atoms with Crippen LogP contribution in [0.4, 0.5) is 0 Å². The average Bonchev–Trinajstić information content (AvgIpc) is 1.37. The van der Waals surface area contributed by atoms with Crippen LogP contribution in [0.15, 0.2) is 0 Å². The molecule has 4 heteroatoms. The molecule has 0 saturated carbocycles. The highest BCUT2D eigenvalue weighted by Gasteiger charge is 1.50. The third-order valence-corrected chi connectivity index (χ3v) is 0.236. The van der Waals surface area contributed by atoms with Crippen molar-refractivity contribution in [2.45, 2.75) is 0 Å². The summed E-state index contributed by atoms with van der Waals surface area (Å²) in [5.41, 5.74) is 1.62. The Hall–Kier alpha value is 0.500. The van der Waals surface area contributed by atoms with Gasteiger partial charge in [-0.3, -0.25) is 0 Å². The number of nitrogens with two attached hydrogens (primary N) is 1. The maximum Gasteiger partial charge on any atom is 0.0952 e. The molecule has 0 aromatic heterocycles. The van der Waals surface area contributed by atoms with Gasteiger partial charge in [0.05, 0.1) is 14.2 Å². The van der Waals surface area contributed by atoms with Crippen LogP contribution in [0.1, 0.15) is 0 Å². The summed E-state index contributed by atoms with van der Waals surface area (Å²) in [6.07, 6.45) is 0. The Kier molecular flexibility index (Phi) is 47.7. The number of rotatable bonds is 1. The molecule has 0 aliphatic heterocycles. The highest BCUT2D eigenvalue weighted by Crippen LogP contribution is 1.12. The van der Waals surface area contributed by atoms with Crippen molar-refractivity contribution in [3.05, 3.63) is 0 Å². The molecular weight excluding hydrogens is 125 g/mol. The van der Waals surface area contributed by atoms with E-state index < -0.39 is 0 Å². The van der Waals surface area contributed by atoms with E-state index in [9.17, 15) is 0 Å². The van der Waals surface area contributed by atoms with Gasteiger partial charge in [-0.1, -0.05) is 0 Å². The Labute approximate surface area is 50.0 Å². The summed E-state index contributed by atoms with van der Waals surface area (Å²) in [5, 5.41) is 0. The Morgan fingerprint density at radius 3 is 1.50 bits per heavy atom. The van der Waals surface area contributed by atoms with Crippen LogP contribution in [0.2, 0.25) is 0 Å². The minimum Gasteiger partial charge on any atom is -1.00 e. The van der Waals surface area contributed by atoms with Gasteiger partial charge < -0.3 is 24.8 Å². The lowest BCUT2D eigenvalue weighted by molar-refractivity contribution is -0.871. The third-order valence-electron chi connectivity index (χ3n) is 0.236. The summed E-state index contributed by atoms with van der Waals surface area (Å²) < 4.78 is 0. The maximum absolute atomic E-state index is 4.42. The molecule has 42 valence electrons. The molecule has 0 aromatic carbocycles. The van der Waals surface area contributed by atoms with Crippen molar-refractivity contribution in [1.29, 1.82) is 0 Å². The van der Waals surface area contributed by atoms with Gasteiger partial charge >= 0.3 is 0 Å². The first-order valence-electron chi connectivity index (χ1n) is 1.22. The first-order valence-corrected chi connectivity index (χ1v) is 1.22. The van der Waals surface area contributed by atoms with Crippen molar-refractivity contribution < 1.29 is 35.1 Å². The molecule has 0 atom stereocenters. The zero-order valence-electron chi connectivity index (χ0n) is 3.74. The lowest BCUT2D eigenvalue weighted by Gasteiger charge is -1.75. The smallest absolute Gasteiger partial charge is 0.0952 e. The van der Waals surface area contributed by atoms with Crippen LogP contribution < -0.4 is 30.3 Å². The largest absolute Gasteiger partial charge is 1.00 e. The number of hydroxylamine groups is 1. The lowest BCUT2D eigenvalue weighted by Crippen LogP contribution is -3.00. The molecule has 0 amide bonds. The van der Waals surface area contributed by atoms with Crippen molar-refractivity contribution in [3.8, 4) is 0 Å². The summed E-state index contributed by atoms with van der Waals surface area (Å²) in [6.45, 7) is 0. The molecule has 0 aromatic rings. The van der Waals surface area contributed by atoms with E-state index in [4.69, 9.17) is 0 Å². The molecule has 0 spiro atoms. The van der Waals surface area contributed by atoms with Gasteiger partial charge in [0, 0.05) is 0 Å². The molecule has 0 radical (unpaired) electrons. The molecule has 6 heavy (non-hydrogen) atoms. The van der Waals surface area contributed by atoms with E-state index in [2.05, 4.69) is 4.84 Å². The van der Waals surface area contributed by atoms with Crippen LogP contribution in [-0.2, 0) is 4.84 Å². The first kappa shape index (κ1) is 16.1. The SMILES string of the molecule is C[NH2+]OC.[Cl-].[Cl-]. The van der Waals surface area contributed by atoms with Crippen molar-refractivity contribution in [2.75, 3.05) is 14.2 Å². The fourth-order valence-electron chi connectivity index (χ4n) is 0. The molecule has 2 N–H and O–H groups in total. The van der Waals surface area contributed by atoms with Crippen molar-refractivity contribution >= 4 is 0 Å². The molecular formula is C2H8Cl2NO-. The Morgan fingerprint density at radius 2 is 1.50 bits per heavy atom. The second kappa shape index (κ2) is 17.8. The van der Waals surface area contributed by atoms with Gasteiger partial charge in [0.2, 0.25) is 0 Å². The van der Waals surface area contributed by atoms with Crippen molar-refractivity contribution in [3.63, 3.8) is 0 Å². The lowest BCUT2D eigenvalue weighted by atomic mass is 11.5. The van der Waals surface area contributed by atoms with E-state index in [1.165, 1.54) is 0 Å². The number of halogens is 2. The molecule has 0 heterocycles. The predicted molar refractivity (Wildman–Crippen MR) is 14.9 cm³/mol. The van der Waals surface area contributed by atoms with Crippen molar-refractivity contribution in [2.24, 2.45) is 0 Å². The quantitative estimate of drug-likeness (QED) is 0.353. The van der Waals surface area contributed by atoms with Crippen LogP contribution in [0, 0.1) is 0 Å². The highest BCUT2D eigenvalue weighted by atomic mass is 35.5. The predicted octanol–water partition coefficient (Wildman–Crippen LogP) is -7.25. The molecule has 0 aliphatic carbocycles. The van der Waals surface area contributed by atoms with E-state index in [1.54, 1.807) is 12.6 Å². The minimum absolute atomic E-state index is 0. The maximum atomic E-state index is 4.42. The first-order chi connectivity index (χ1) is 1.91. The molecule has 0 fully saturated rings. The fraction of sp³-hybridized carbons (Fsp3) is 1.00. The summed E-state index contributed by atoms with van der Waals surface area (Å²) in [4.78, 5) is 4.42. The molecule has 0 rings (SSSR count). The van der Waals surface area contributed by atoms with E-state index in [0.717, 1.165) is 0 Å². The van der Waals surface area contributed by atoms with Gasteiger partial charge in [0.1, 0.15) is 0 Å².